The number of aromatic amines is 1. The lowest BCUT2D eigenvalue weighted by Gasteiger charge is -2.25. The van der Waals surface area contributed by atoms with Crippen LogP contribution >= 0.6 is 0 Å². The molecular formula is C37H40N9O2+. The number of ether oxygens (including phenoxy) is 1. The number of fused-ring (bicyclic) bond motifs is 6. The number of hydrogen-bond acceptors (Lipinski definition) is 6. The molecule has 0 saturated heterocycles. The van der Waals surface area contributed by atoms with Crippen LogP contribution in [0.1, 0.15) is 40.7 Å². The van der Waals surface area contributed by atoms with Gasteiger partial charge in [-0.15, -0.1) is 9.36 Å². The summed E-state index contributed by atoms with van der Waals surface area (Å²) >= 11 is 0. The first kappa shape index (κ1) is 30.1. The number of H-pyrrole nitrogens is 1. The summed E-state index contributed by atoms with van der Waals surface area (Å²) in [6.07, 6.45) is 13.8. The van der Waals surface area contributed by atoms with E-state index in [9.17, 15) is 4.79 Å². The number of amides is 2. The van der Waals surface area contributed by atoms with Crippen LogP contribution in [-0.2, 0) is 38.8 Å². The van der Waals surface area contributed by atoms with Crippen molar-refractivity contribution in [2.24, 2.45) is 0 Å². The number of rotatable bonds is 9. The third-order valence-electron chi connectivity index (χ3n) is 9.86. The van der Waals surface area contributed by atoms with Crippen LogP contribution < -0.4 is 25.4 Å². The molecule has 0 spiro atoms. The molecule has 4 N–H and O–H groups in total. The molecule has 0 bridgehead atoms. The van der Waals surface area contributed by atoms with Crippen LogP contribution in [0.15, 0.2) is 79.4 Å². The Morgan fingerprint density at radius 1 is 0.938 bits per heavy atom. The number of carbonyl (C=O) groups excluding carboxylic acids is 1. The van der Waals surface area contributed by atoms with Crippen molar-refractivity contribution >= 4 is 33.8 Å². The molecule has 2 aromatic carbocycles. The Kier molecular flexibility index (Phi) is 8.19. The Morgan fingerprint density at radius 2 is 1.69 bits per heavy atom. The number of carbonyl (C=O) groups is 1. The summed E-state index contributed by atoms with van der Waals surface area (Å²) < 4.78 is 10.0. The molecule has 8 rings (SSSR count). The molecule has 4 heterocycles. The van der Waals surface area contributed by atoms with Crippen LogP contribution in [0.3, 0.4) is 0 Å². The highest BCUT2D eigenvalue weighted by Gasteiger charge is 2.28. The number of hydrogen-bond donors (Lipinski definition) is 4. The summed E-state index contributed by atoms with van der Waals surface area (Å²) in [5.41, 5.74) is 9.06. The van der Waals surface area contributed by atoms with Crippen LogP contribution in [0.2, 0.25) is 0 Å². The Bertz CT molecular complexity index is 2070. The van der Waals surface area contributed by atoms with E-state index in [2.05, 4.69) is 58.8 Å². The molecule has 244 valence electrons. The highest BCUT2D eigenvalue weighted by Crippen LogP contribution is 2.29. The van der Waals surface area contributed by atoms with Gasteiger partial charge in [-0.05, 0) is 90.6 Å². The second-order valence-corrected chi connectivity index (χ2v) is 12.9. The molecule has 0 fully saturated rings. The highest BCUT2D eigenvalue weighted by atomic mass is 16.5. The molecule has 0 aliphatic heterocycles. The number of urea groups is 1. The van der Waals surface area contributed by atoms with Crippen molar-refractivity contribution in [2.75, 3.05) is 19.0 Å². The zero-order valence-electron chi connectivity index (χ0n) is 27.1. The van der Waals surface area contributed by atoms with Crippen molar-refractivity contribution in [3.05, 3.63) is 107 Å². The molecule has 6 aromatic rings. The Labute approximate surface area is 278 Å². The summed E-state index contributed by atoms with van der Waals surface area (Å²) in [7, 11) is 1.69. The molecule has 2 aliphatic rings. The number of methoxy groups -OCH3 is 1. The lowest BCUT2D eigenvalue weighted by atomic mass is 9.88. The summed E-state index contributed by atoms with van der Waals surface area (Å²) in [6.45, 7) is 2.36. The van der Waals surface area contributed by atoms with E-state index in [1.807, 2.05) is 61.1 Å². The molecule has 11 heteroatoms. The number of pyridine rings is 2. The Morgan fingerprint density at radius 3 is 2.50 bits per heavy atom. The fourth-order valence-electron chi connectivity index (χ4n) is 7.39. The molecule has 2 unspecified atom stereocenters. The lowest BCUT2D eigenvalue weighted by Crippen LogP contribution is -2.48. The standard InChI is InChI=1S/C37H39N9O2/c1-48-30-11-7-24(8-12-30)22-46-36-34(32-14-10-29(18-26(32)20-40-36)43-37(47)42-27-5-3-2-4-6-27)23-45(46)16-15-38-28-9-13-31-25(17-28)19-39-35-33(31)21-41-44-35/h2-8,11-12,19-21,23,28-29,38H,9-10,13-18,22H2,1H3,(H2-,39,41,42,43,44,47)/p+1. The van der Waals surface area contributed by atoms with E-state index < -0.39 is 0 Å². The van der Waals surface area contributed by atoms with Crippen molar-refractivity contribution in [3.63, 3.8) is 0 Å². The topological polar surface area (TPSA) is 126 Å². The van der Waals surface area contributed by atoms with Gasteiger partial charge in [-0.3, -0.25) is 5.10 Å². The number of aromatic nitrogens is 6. The quantitative estimate of drug-likeness (QED) is 0.173. The Hall–Kier alpha value is -5.29. The minimum Gasteiger partial charge on any atom is -0.497 e. The van der Waals surface area contributed by atoms with Gasteiger partial charge in [-0.2, -0.15) is 5.10 Å². The monoisotopic (exact) mass is 642 g/mol. The smallest absolute Gasteiger partial charge is 0.319 e. The lowest BCUT2D eigenvalue weighted by molar-refractivity contribution is -0.770. The summed E-state index contributed by atoms with van der Waals surface area (Å²) in [5, 5.41) is 19.5. The fraction of sp³-hybridized carbons (Fsp3) is 0.324. The molecule has 2 amide bonds. The number of aryl methyl sites for hydroxylation is 2. The van der Waals surface area contributed by atoms with Crippen molar-refractivity contribution < 1.29 is 14.2 Å². The average Bonchev–Trinajstić information content (AvgIpc) is 3.74. The van der Waals surface area contributed by atoms with E-state index in [-0.39, 0.29) is 12.1 Å². The number of benzene rings is 2. The minimum atomic E-state index is -0.174. The molecule has 0 radical (unpaired) electrons. The maximum Gasteiger partial charge on any atom is 0.319 e. The van der Waals surface area contributed by atoms with Crippen molar-refractivity contribution in [1.82, 2.24) is 35.5 Å². The van der Waals surface area contributed by atoms with E-state index in [1.54, 1.807) is 7.11 Å². The molecule has 4 aromatic heterocycles. The zero-order chi connectivity index (χ0) is 32.5. The van der Waals surface area contributed by atoms with Gasteiger partial charge in [0.25, 0.3) is 0 Å². The molecular weight excluding hydrogens is 602 g/mol. The number of anilines is 1. The third-order valence-corrected chi connectivity index (χ3v) is 9.86. The number of nitrogens with one attached hydrogen (secondary N) is 4. The summed E-state index contributed by atoms with van der Waals surface area (Å²) in [6, 6.07) is 18.1. The van der Waals surface area contributed by atoms with Crippen molar-refractivity contribution in [2.45, 2.75) is 63.7 Å². The van der Waals surface area contributed by atoms with E-state index in [0.29, 0.717) is 12.6 Å². The predicted octanol–water partition coefficient (Wildman–Crippen LogP) is 4.48. The molecule has 0 saturated carbocycles. The van der Waals surface area contributed by atoms with Gasteiger partial charge in [0.15, 0.2) is 12.2 Å². The number of para-hydroxylation sites is 1. The summed E-state index contributed by atoms with van der Waals surface area (Å²) in [5.74, 6) is 0.846. The van der Waals surface area contributed by atoms with E-state index in [4.69, 9.17) is 9.72 Å². The maximum absolute atomic E-state index is 12.7. The normalized spacial score (nSPS) is 17.2. The number of nitrogens with zero attached hydrogens (tertiary/aromatic N) is 5. The van der Waals surface area contributed by atoms with Crippen LogP contribution in [0.5, 0.6) is 5.75 Å². The summed E-state index contributed by atoms with van der Waals surface area (Å²) in [4.78, 5) is 22.3. The van der Waals surface area contributed by atoms with Gasteiger partial charge in [0, 0.05) is 35.6 Å². The zero-order valence-corrected chi connectivity index (χ0v) is 27.1. The second kappa shape index (κ2) is 13.1. The largest absolute Gasteiger partial charge is 0.497 e. The fourth-order valence-corrected chi connectivity index (χ4v) is 7.39. The van der Waals surface area contributed by atoms with E-state index in [1.165, 1.54) is 33.2 Å². The SMILES string of the molecule is COc1ccc(Cn2c3ncc4c(c3c[n+]2CCNC2CCc3c(cnc5[nH]ncc35)C2)CCC(NC(=O)Nc2ccccc2)C4)cc1. The third kappa shape index (κ3) is 6.09. The maximum atomic E-state index is 12.7. The van der Waals surface area contributed by atoms with Gasteiger partial charge in [0.05, 0.1) is 25.2 Å². The van der Waals surface area contributed by atoms with Crippen LogP contribution in [-0.4, -0.2) is 56.6 Å². The molecule has 11 nitrogen and oxygen atoms in total. The van der Waals surface area contributed by atoms with Crippen LogP contribution in [0.25, 0.3) is 22.1 Å². The second-order valence-electron chi connectivity index (χ2n) is 12.9. The van der Waals surface area contributed by atoms with Gasteiger partial charge >= 0.3 is 6.03 Å². The van der Waals surface area contributed by atoms with Crippen LogP contribution in [0, 0.1) is 0 Å². The van der Waals surface area contributed by atoms with Gasteiger partial charge < -0.3 is 20.7 Å². The first-order chi connectivity index (χ1) is 23.6. The molecule has 2 atom stereocenters. The highest BCUT2D eigenvalue weighted by molar-refractivity contribution is 5.89. The van der Waals surface area contributed by atoms with Crippen molar-refractivity contribution in [3.8, 4) is 5.75 Å². The first-order valence-electron chi connectivity index (χ1n) is 16.8. The van der Waals surface area contributed by atoms with E-state index in [0.717, 1.165) is 79.7 Å². The molecule has 2 aliphatic carbocycles. The minimum absolute atomic E-state index is 0.0543. The molecule has 48 heavy (non-hydrogen) atoms. The van der Waals surface area contributed by atoms with E-state index >= 15 is 0 Å². The van der Waals surface area contributed by atoms with Crippen molar-refractivity contribution in [1.29, 1.82) is 0 Å². The van der Waals surface area contributed by atoms with Gasteiger partial charge in [-0.1, -0.05) is 30.3 Å². The Balaban J connectivity index is 1.000. The van der Waals surface area contributed by atoms with Gasteiger partial charge in [-0.25, -0.2) is 14.8 Å². The predicted molar refractivity (Wildman–Crippen MR) is 184 cm³/mol. The van der Waals surface area contributed by atoms with Crippen LogP contribution in [0.4, 0.5) is 10.5 Å². The average molecular weight is 643 g/mol. The first-order valence-corrected chi connectivity index (χ1v) is 16.8. The van der Waals surface area contributed by atoms with Gasteiger partial charge in [0.2, 0.25) is 11.8 Å². The van der Waals surface area contributed by atoms with Gasteiger partial charge in [0.1, 0.15) is 12.3 Å².